The van der Waals surface area contributed by atoms with Gasteiger partial charge in [-0.05, 0) is 49.2 Å². The Balaban J connectivity index is 1.76. The molecule has 2 aromatic rings. The summed E-state index contributed by atoms with van der Waals surface area (Å²) in [5.74, 6) is -1.72. The summed E-state index contributed by atoms with van der Waals surface area (Å²) < 4.78 is 18.1. The Labute approximate surface area is 150 Å². The molecule has 6 heteroatoms. The van der Waals surface area contributed by atoms with Gasteiger partial charge >= 0.3 is 5.97 Å². The molecule has 26 heavy (non-hydrogen) atoms. The molecule has 2 amide bonds. The number of fused-ring (bicyclic) bond motifs is 1. The minimum absolute atomic E-state index is 0.0118. The second kappa shape index (κ2) is 7.07. The van der Waals surface area contributed by atoms with Crippen LogP contribution >= 0.6 is 0 Å². The first-order valence-corrected chi connectivity index (χ1v) is 8.36. The third-order valence-electron chi connectivity index (χ3n) is 4.47. The van der Waals surface area contributed by atoms with Crippen LogP contribution in [-0.4, -0.2) is 28.7 Å². The van der Waals surface area contributed by atoms with Gasteiger partial charge < -0.3 is 4.74 Å². The van der Waals surface area contributed by atoms with Crippen LogP contribution in [0.1, 0.15) is 56.9 Å². The third kappa shape index (κ3) is 3.22. The minimum Gasteiger partial charge on any atom is -0.457 e. The molecule has 1 aliphatic rings. The predicted molar refractivity (Wildman–Crippen MR) is 92.2 cm³/mol. The van der Waals surface area contributed by atoms with E-state index in [9.17, 15) is 18.8 Å². The number of amides is 2. The number of hydrogen-bond acceptors (Lipinski definition) is 4. The molecule has 0 spiro atoms. The van der Waals surface area contributed by atoms with Crippen LogP contribution in [0.25, 0.3) is 0 Å². The van der Waals surface area contributed by atoms with Crippen molar-refractivity contribution in [2.75, 3.05) is 0 Å². The summed E-state index contributed by atoms with van der Waals surface area (Å²) in [7, 11) is 0. The molecule has 0 saturated heterocycles. The molecule has 0 radical (unpaired) electrons. The summed E-state index contributed by atoms with van der Waals surface area (Å²) in [5.41, 5.74) is 1.35. The first-order chi connectivity index (χ1) is 12.4. The van der Waals surface area contributed by atoms with Crippen molar-refractivity contribution in [3.05, 3.63) is 70.5 Å². The fraction of sp³-hybridized carbons (Fsp3) is 0.250. The molecule has 0 aromatic heterocycles. The second-order valence-electron chi connectivity index (χ2n) is 6.20. The lowest BCUT2D eigenvalue weighted by Crippen LogP contribution is -2.37. The summed E-state index contributed by atoms with van der Waals surface area (Å²) in [6, 6.07) is 9.75. The highest BCUT2D eigenvalue weighted by Crippen LogP contribution is 2.27. The largest absolute Gasteiger partial charge is 0.457 e. The Morgan fingerprint density at radius 3 is 2.38 bits per heavy atom. The number of ether oxygens (including phenoxy) is 1. The van der Waals surface area contributed by atoms with Gasteiger partial charge in [0.1, 0.15) is 12.4 Å². The summed E-state index contributed by atoms with van der Waals surface area (Å²) in [4.78, 5) is 38.4. The molecule has 0 fully saturated rings. The molecule has 0 aliphatic carbocycles. The third-order valence-corrected chi connectivity index (χ3v) is 4.47. The van der Waals surface area contributed by atoms with E-state index in [1.807, 2.05) is 6.92 Å². The first-order valence-electron chi connectivity index (χ1n) is 8.36. The Bertz CT molecular complexity index is 876. The quantitative estimate of drug-likeness (QED) is 0.607. The number of carbonyl (C=O) groups is 3. The van der Waals surface area contributed by atoms with Crippen molar-refractivity contribution in [3.63, 3.8) is 0 Å². The number of hydrogen-bond donors (Lipinski definition) is 0. The minimum atomic E-state index is -0.612. The summed E-state index contributed by atoms with van der Waals surface area (Å²) >= 11 is 0. The molecular weight excluding hydrogens is 337 g/mol. The Kier molecular flexibility index (Phi) is 4.84. The fourth-order valence-corrected chi connectivity index (χ4v) is 2.78. The monoisotopic (exact) mass is 355 g/mol. The zero-order valence-corrected chi connectivity index (χ0v) is 14.5. The highest BCUT2D eigenvalue weighted by molar-refractivity contribution is 6.22. The van der Waals surface area contributed by atoms with Crippen LogP contribution in [0.3, 0.4) is 0 Å². The number of halogens is 1. The lowest BCUT2D eigenvalue weighted by Gasteiger charge is -2.20. The SMILES string of the molecule is CCC(C)N1C(=O)c2ccc(C(=O)OCc3ccc(F)cc3)cc2C1=O. The van der Waals surface area contributed by atoms with E-state index in [1.54, 1.807) is 6.92 Å². The molecule has 5 nitrogen and oxygen atoms in total. The average Bonchev–Trinajstić information content (AvgIpc) is 2.90. The molecule has 0 saturated carbocycles. The average molecular weight is 355 g/mol. The second-order valence-corrected chi connectivity index (χ2v) is 6.20. The van der Waals surface area contributed by atoms with Gasteiger partial charge in [-0.15, -0.1) is 0 Å². The van der Waals surface area contributed by atoms with Crippen molar-refractivity contribution >= 4 is 17.8 Å². The molecule has 2 aromatic carbocycles. The molecule has 1 aliphatic heterocycles. The van der Waals surface area contributed by atoms with E-state index < -0.39 is 11.9 Å². The Morgan fingerprint density at radius 2 is 1.73 bits per heavy atom. The van der Waals surface area contributed by atoms with Crippen LogP contribution < -0.4 is 0 Å². The van der Waals surface area contributed by atoms with Crippen LogP contribution in [0.5, 0.6) is 0 Å². The van der Waals surface area contributed by atoms with E-state index in [2.05, 4.69) is 0 Å². The van der Waals surface area contributed by atoms with Crippen molar-refractivity contribution in [2.24, 2.45) is 0 Å². The van der Waals surface area contributed by atoms with E-state index in [0.29, 0.717) is 17.5 Å². The van der Waals surface area contributed by atoms with E-state index in [4.69, 9.17) is 4.74 Å². The Morgan fingerprint density at radius 1 is 1.08 bits per heavy atom. The van der Waals surface area contributed by atoms with Crippen LogP contribution in [0, 0.1) is 5.82 Å². The van der Waals surface area contributed by atoms with Crippen molar-refractivity contribution in [1.29, 1.82) is 0 Å². The zero-order chi connectivity index (χ0) is 18.8. The van der Waals surface area contributed by atoms with Gasteiger partial charge in [0.05, 0.1) is 16.7 Å². The van der Waals surface area contributed by atoms with Crippen molar-refractivity contribution in [1.82, 2.24) is 4.90 Å². The molecule has 0 N–H and O–H groups in total. The topological polar surface area (TPSA) is 63.7 Å². The zero-order valence-electron chi connectivity index (χ0n) is 14.5. The normalized spacial score (nSPS) is 14.3. The molecule has 0 bridgehead atoms. The Hall–Kier alpha value is -3.02. The number of carbonyl (C=O) groups excluding carboxylic acids is 3. The van der Waals surface area contributed by atoms with Gasteiger partial charge in [-0.3, -0.25) is 14.5 Å². The molecule has 1 heterocycles. The van der Waals surface area contributed by atoms with Crippen molar-refractivity contribution in [2.45, 2.75) is 32.9 Å². The summed E-state index contributed by atoms with van der Waals surface area (Å²) in [6.07, 6.45) is 0.651. The van der Waals surface area contributed by atoms with E-state index >= 15 is 0 Å². The highest BCUT2D eigenvalue weighted by Gasteiger charge is 2.38. The molecule has 3 rings (SSSR count). The fourth-order valence-electron chi connectivity index (χ4n) is 2.78. The lowest BCUT2D eigenvalue weighted by atomic mass is 10.1. The van der Waals surface area contributed by atoms with Gasteiger partial charge in [0.2, 0.25) is 0 Å². The van der Waals surface area contributed by atoms with Crippen molar-refractivity contribution in [3.8, 4) is 0 Å². The predicted octanol–water partition coefficient (Wildman–Crippen LogP) is 3.58. The van der Waals surface area contributed by atoms with E-state index in [1.165, 1.54) is 47.4 Å². The number of imide groups is 1. The highest BCUT2D eigenvalue weighted by atomic mass is 19.1. The lowest BCUT2D eigenvalue weighted by molar-refractivity contribution is 0.0472. The van der Waals surface area contributed by atoms with Crippen LogP contribution in [0.15, 0.2) is 42.5 Å². The van der Waals surface area contributed by atoms with Gasteiger partial charge in [0, 0.05) is 6.04 Å². The maximum Gasteiger partial charge on any atom is 0.338 e. The first kappa shape index (κ1) is 17.8. The number of benzene rings is 2. The van der Waals surface area contributed by atoms with Crippen LogP contribution in [-0.2, 0) is 11.3 Å². The number of rotatable bonds is 5. The standard InChI is InChI=1S/C20H18FNO4/c1-3-12(2)22-18(23)16-9-6-14(10-17(16)19(22)24)20(25)26-11-13-4-7-15(21)8-5-13/h4-10,12H,3,11H2,1-2H3. The van der Waals surface area contributed by atoms with Crippen LogP contribution in [0.2, 0.25) is 0 Å². The van der Waals surface area contributed by atoms with Gasteiger partial charge in [-0.25, -0.2) is 9.18 Å². The van der Waals surface area contributed by atoms with E-state index in [-0.39, 0.29) is 35.5 Å². The molecule has 134 valence electrons. The maximum absolute atomic E-state index is 12.9. The number of nitrogens with zero attached hydrogens (tertiary/aromatic N) is 1. The van der Waals surface area contributed by atoms with Gasteiger partial charge in [0.15, 0.2) is 0 Å². The van der Waals surface area contributed by atoms with Gasteiger partial charge in [-0.1, -0.05) is 19.1 Å². The van der Waals surface area contributed by atoms with Gasteiger partial charge in [0.25, 0.3) is 11.8 Å². The molecule has 1 unspecified atom stereocenters. The molecular formula is C20H18FNO4. The van der Waals surface area contributed by atoms with Crippen LogP contribution in [0.4, 0.5) is 4.39 Å². The smallest absolute Gasteiger partial charge is 0.338 e. The number of esters is 1. The molecule has 1 atom stereocenters. The maximum atomic E-state index is 12.9. The summed E-state index contributed by atoms with van der Waals surface area (Å²) in [6.45, 7) is 3.69. The van der Waals surface area contributed by atoms with Gasteiger partial charge in [-0.2, -0.15) is 0 Å². The van der Waals surface area contributed by atoms with E-state index in [0.717, 1.165) is 0 Å². The van der Waals surface area contributed by atoms with Crippen molar-refractivity contribution < 1.29 is 23.5 Å². The summed E-state index contributed by atoms with van der Waals surface area (Å²) in [5, 5.41) is 0.